The molecule has 1 aliphatic rings. The Kier molecular flexibility index (Phi) is 7.32. The van der Waals surface area contributed by atoms with Crippen LogP contribution in [0.25, 0.3) is 6.08 Å². The molecule has 9 heteroatoms. The Balaban J connectivity index is 1.75. The van der Waals surface area contributed by atoms with Gasteiger partial charge in [-0.25, -0.2) is 9.18 Å². The smallest absolute Gasteiger partial charge is 0.414 e. The predicted octanol–water partition coefficient (Wildman–Crippen LogP) is 3.20. The van der Waals surface area contributed by atoms with Gasteiger partial charge in [-0.2, -0.15) is 0 Å². The number of benzene rings is 1. The molecule has 0 bridgehead atoms. The highest BCUT2D eigenvalue weighted by Gasteiger charge is 2.32. The van der Waals surface area contributed by atoms with Crippen LogP contribution >= 0.6 is 12.2 Å². The summed E-state index contributed by atoms with van der Waals surface area (Å²) in [5, 5.41) is 14.6. The number of nitrogens with one attached hydrogen (secondary N) is 2. The zero-order valence-electron chi connectivity index (χ0n) is 16.8. The van der Waals surface area contributed by atoms with Crippen molar-refractivity contribution in [3.05, 3.63) is 70.1 Å². The van der Waals surface area contributed by atoms with Crippen LogP contribution in [0.4, 0.5) is 26.2 Å². The van der Waals surface area contributed by atoms with Crippen molar-refractivity contribution in [2.75, 3.05) is 29.9 Å². The molecule has 3 N–H and O–H groups in total. The first-order valence-electron chi connectivity index (χ1n) is 9.58. The number of halogens is 1. The van der Waals surface area contributed by atoms with Crippen molar-refractivity contribution in [2.24, 2.45) is 0 Å². The molecule has 1 heterocycles. The minimum atomic E-state index is -0.618. The van der Waals surface area contributed by atoms with Crippen molar-refractivity contribution in [2.45, 2.75) is 13.0 Å². The van der Waals surface area contributed by atoms with Gasteiger partial charge in [0.25, 0.3) is 0 Å². The Bertz CT molecular complexity index is 1080. The summed E-state index contributed by atoms with van der Waals surface area (Å²) in [6.45, 7) is 2.27. The van der Waals surface area contributed by atoms with Crippen LogP contribution in [0.5, 0.6) is 0 Å². The van der Waals surface area contributed by atoms with Crippen molar-refractivity contribution in [3.8, 4) is 0 Å². The molecule has 162 valence electrons. The number of carbonyl (C=O) groups excluding carboxylic acids is 1. The van der Waals surface area contributed by atoms with Crippen molar-refractivity contribution in [1.82, 2.24) is 5.32 Å². The lowest BCUT2D eigenvalue weighted by Gasteiger charge is -2.15. The lowest BCUT2D eigenvalue weighted by Crippen LogP contribution is -2.32. The van der Waals surface area contributed by atoms with Crippen LogP contribution in [-0.2, 0) is 4.74 Å². The molecule has 1 saturated heterocycles. The molecule has 1 unspecified atom stereocenters. The van der Waals surface area contributed by atoms with Crippen molar-refractivity contribution in [3.63, 3.8) is 0 Å². The van der Waals surface area contributed by atoms with Gasteiger partial charge in [-0.3, -0.25) is 9.69 Å². The number of hydrogen-bond acceptors (Lipinski definition) is 6. The third-order valence-corrected chi connectivity index (χ3v) is 4.68. The highest BCUT2D eigenvalue weighted by molar-refractivity contribution is 7.80. The number of hydrogen-bond donors (Lipinski definition) is 3. The first-order chi connectivity index (χ1) is 14.9. The summed E-state index contributed by atoms with van der Waals surface area (Å²) >= 11 is 4.95. The standard InChI is InChI=1S/C22H22FN3O4S/c1-14(31)24-12-17-13-26(22(29)30-17)16-6-8-19(18(23)11-16)25-20-7-4-15(3-2-10-27)5-9-21(20)28/h2-9,11,17,27H,10,12-13H2,1H3,(H,24,31)(H,25,28)/b3-2+. The van der Waals surface area contributed by atoms with E-state index in [1.807, 2.05) is 0 Å². The summed E-state index contributed by atoms with van der Waals surface area (Å²) in [6, 6.07) is 10.4. The van der Waals surface area contributed by atoms with Gasteiger partial charge in [-0.1, -0.05) is 36.5 Å². The van der Waals surface area contributed by atoms with Crippen molar-refractivity contribution >= 4 is 46.4 Å². The van der Waals surface area contributed by atoms with Crippen LogP contribution < -0.4 is 21.0 Å². The van der Waals surface area contributed by atoms with E-state index >= 15 is 0 Å². The number of ether oxygens (including phenoxy) is 1. The normalized spacial score (nSPS) is 15.8. The maximum absolute atomic E-state index is 14.7. The van der Waals surface area contributed by atoms with Crippen molar-refractivity contribution in [1.29, 1.82) is 0 Å². The van der Waals surface area contributed by atoms with Gasteiger partial charge in [0.15, 0.2) is 0 Å². The number of anilines is 3. The van der Waals surface area contributed by atoms with Gasteiger partial charge >= 0.3 is 6.09 Å². The van der Waals surface area contributed by atoms with Gasteiger partial charge in [0.2, 0.25) is 5.43 Å². The second kappa shape index (κ2) is 10.1. The van der Waals surface area contributed by atoms with Crippen LogP contribution in [0.1, 0.15) is 12.5 Å². The lowest BCUT2D eigenvalue weighted by atomic mass is 10.2. The van der Waals surface area contributed by atoms with Crippen molar-refractivity contribution < 1.29 is 19.0 Å². The van der Waals surface area contributed by atoms with Gasteiger partial charge in [-0.05, 0) is 42.8 Å². The van der Waals surface area contributed by atoms with Gasteiger partial charge < -0.3 is 20.5 Å². The van der Waals surface area contributed by atoms with Crippen LogP contribution in [0, 0.1) is 5.82 Å². The number of aliphatic hydroxyl groups excluding tert-OH is 1. The molecule has 0 aromatic heterocycles. The Morgan fingerprint density at radius 2 is 2.00 bits per heavy atom. The fourth-order valence-electron chi connectivity index (χ4n) is 3.00. The summed E-state index contributed by atoms with van der Waals surface area (Å²) < 4.78 is 20.0. The molecule has 0 saturated carbocycles. The SMILES string of the molecule is CC(=S)NCC1CN(c2ccc(Nc3ccc(/C=C/CO)ccc3=O)c(F)c2)C(=O)O1. The number of thiocarbonyl (C=S) groups is 1. The van der Waals surface area contributed by atoms with E-state index in [2.05, 4.69) is 10.6 Å². The Morgan fingerprint density at radius 1 is 1.26 bits per heavy atom. The Hall–Kier alpha value is -3.30. The van der Waals surface area contributed by atoms with E-state index in [1.54, 1.807) is 43.3 Å². The van der Waals surface area contributed by atoms with Crippen LogP contribution in [0.2, 0.25) is 0 Å². The van der Waals surface area contributed by atoms with E-state index < -0.39 is 18.0 Å². The molecule has 3 rings (SSSR count). The highest BCUT2D eigenvalue weighted by atomic mass is 32.1. The van der Waals surface area contributed by atoms with E-state index in [9.17, 15) is 14.0 Å². The largest absolute Gasteiger partial charge is 0.442 e. The van der Waals surface area contributed by atoms with E-state index in [0.717, 1.165) is 5.56 Å². The monoisotopic (exact) mass is 443 g/mol. The molecule has 0 spiro atoms. The fourth-order valence-corrected chi connectivity index (χ4v) is 3.08. The summed E-state index contributed by atoms with van der Waals surface area (Å²) in [7, 11) is 0. The van der Waals surface area contributed by atoms with Gasteiger partial charge in [0.05, 0.1) is 41.7 Å². The Morgan fingerprint density at radius 3 is 2.71 bits per heavy atom. The van der Waals surface area contributed by atoms with E-state index in [1.165, 1.54) is 23.1 Å². The van der Waals surface area contributed by atoms with Gasteiger partial charge in [-0.15, -0.1) is 0 Å². The molecule has 31 heavy (non-hydrogen) atoms. The zero-order valence-corrected chi connectivity index (χ0v) is 17.6. The van der Waals surface area contributed by atoms with Crippen LogP contribution in [0.15, 0.2) is 53.3 Å². The molecule has 0 radical (unpaired) electrons. The minimum absolute atomic E-state index is 0.0987. The third-order valence-electron chi connectivity index (χ3n) is 4.54. The van der Waals surface area contributed by atoms with E-state index in [0.29, 0.717) is 17.2 Å². The first kappa shape index (κ1) is 22.4. The summed E-state index contributed by atoms with van der Waals surface area (Å²) in [6.07, 6.45) is 2.26. The molecule has 0 aliphatic carbocycles. The lowest BCUT2D eigenvalue weighted by molar-refractivity contribution is 0.143. The second-order valence-electron chi connectivity index (χ2n) is 6.87. The van der Waals surface area contributed by atoms with Gasteiger partial charge in [0, 0.05) is 0 Å². The molecule has 1 amide bonds. The number of amides is 1. The molecule has 7 nitrogen and oxygen atoms in total. The second-order valence-corrected chi connectivity index (χ2v) is 7.48. The molecule has 1 atom stereocenters. The number of nitrogens with zero attached hydrogens (tertiary/aromatic N) is 1. The third kappa shape index (κ3) is 5.87. The topological polar surface area (TPSA) is 90.9 Å². The summed E-state index contributed by atoms with van der Waals surface area (Å²) in [5.74, 6) is -0.618. The molecular formula is C22H22FN3O4S. The van der Waals surface area contributed by atoms with E-state index in [-0.39, 0.29) is 30.0 Å². The average molecular weight is 444 g/mol. The fraction of sp³-hybridized carbons (Fsp3) is 0.227. The predicted molar refractivity (Wildman–Crippen MR) is 122 cm³/mol. The zero-order chi connectivity index (χ0) is 22.4. The number of aliphatic hydroxyl groups is 1. The Labute approximate surface area is 184 Å². The summed E-state index contributed by atoms with van der Waals surface area (Å²) in [4.78, 5) is 26.4. The van der Waals surface area contributed by atoms with Crippen LogP contribution in [0.3, 0.4) is 0 Å². The highest BCUT2D eigenvalue weighted by Crippen LogP contribution is 2.27. The van der Waals surface area contributed by atoms with Crippen LogP contribution in [-0.4, -0.2) is 42.0 Å². The number of rotatable bonds is 7. The van der Waals surface area contributed by atoms with Gasteiger partial charge in [0.1, 0.15) is 11.9 Å². The molecule has 2 aromatic rings. The number of carbonyl (C=O) groups is 1. The maximum Gasteiger partial charge on any atom is 0.414 e. The molecule has 1 aliphatic heterocycles. The first-order valence-corrected chi connectivity index (χ1v) is 9.99. The molecular weight excluding hydrogens is 421 g/mol. The molecule has 1 fully saturated rings. The maximum atomic E-state index is 14.7. The minimum Gasteiger partial charge on any atom is -0.442 e. The quantitative estimate of drug-likeness (QED) is 0.566. The summed E-state index contributed by atoms with van der Waals surface area (Å²) in [5.41, 5.74) is 1.04. The molecule has 2 aromatic carbocycles. The average Bonchev–Trinajstić information content (AvgIpc) is 3.02. The van der Waals surface area contributed by atoms with E-state index in [4.69, 9.17) is 22.1 Å². The number of cyclic esters (lactones) is 1.